The molecular formula is C10H13F2N3O. The van der Waals surface area contributed by atoms with Crippen LogP contribution in [0.15, 0.2) is 23.2 Å². The first-order chi connectivity index (χ1) is 7.70. The minimum atomic E-state index is -0.714. The van der Waals surface area contributed by atoms with E-state index in [0.29, 0.717) is 6.61 Å². The summed E-state index contributed by atoms with van der Waals surface area (Å²) < 4.78 is 31.5. The molecule has 0 unspecified atom stereocenters. The van der Waals surface area contributed by atoms with E-state index in [1.807, 2.05) is 0 Å². The van der Waals surface area contributed by atoms with Crippen LogP contribution in [0, 0.1) is 11.6 Å². The van der Waals surface area contributed by atoms with E-state index in [4.69, 9.17) is 10.6 Å². The molecule has 0 aliphatic heterocycles. The number of nitrogens with zero attached hydrogens (tertiary/aromatic N) is 1. The van der Waals surface area contributed by atoms with E-state index in [1.165, 1.54) is 13.2 Å². The fourth-order valence-corrected chi connectivity index (χ4v) is 1.17. The van der Waals surface area contributed by atoms with Crippen molar-refractivity contribution in [3.8, 4) is 0 Å². The van der Waals surface area contributed by atoms with Gasteiger partial charge in [-0.15, -0.1) is 0 Å². The predicted octanol–water partition coefficient (Wildman–Crippen LogP) is 0.821. The van der Waals surface area contributed by atoms with Crippen LogP contribution < -0.4 is 11.3 Å². The summed E-state index contributed by atoms with van der Waals surface area (Å²) in [6, 6.07) is 3.56. The molecular weight excluding hydrogens is 216 g/mol. The normalized spacial score (nSPS) is 11.6. The zero-order chi connectivity index (χ0) is 12.0. The number of benzene rings is 1. The van der Waals surface area contributed by atoms with Crippen molar-refractivity contribution in [3.05, 3.63) is 35.4 Å². The molecule has 1 aromatic rings. The molecule has 0 aliphatic carbocycles. The molecule has 0 atom stereocenters. The molecule has 0 saturated heterocycles. The third kappa shape index (κ3) is 2.98. The Kier molecular flexibility index (Phi) is 4.81. The first kappa shape index (κ1) is 12.5. The molecule has 1 aromatic carbocycles. The van der Waals surface area contributed by atoms with Gasteiger partial charge in [-0.2, -0.15) is 0 Å². The number of amidine groups is 1. The van der Waals surface area contributed by atoms with E-state index < -0.39 is 11.6 Å². The van der Waals surface area contributed by atoms with Crippen LogP contribution in [-0.2, 0) is 4.74 Å². The topological polar surface area (TPSA) is 59.6 Å². The van der Waals surface area contributed by atoms with Gasteiger partial charge in [0.05, 0.1) is 18.7 Å². The van der Waals surface area contributed by atoms with Gasteiger partial charge in [0.1, 0.15) is 17.5 Å². The lowest BCUT2D eigenvalue weighted by atomic mass is 10.2. The van der Waals surface area contributed by atoms with E-state index in [1.54, 1.807) is 0 Å². The summed E-state index contributed by atoms with van der Waals surface area (Å²) in [5.41, 5.74) is 1.91. The summed E-state index contributed by atoms with van der Waals surface area (Å²) in [4.78, 5) is 3.90. The van der Waals surface area contributed by atoms with Crippen LogP contribution in [0.5, 0.6) is 0 Å². The molecule has 0 heterocycles. The Bertz CT molecular complexity index is 362. The van der Waals surface area contributed by atoms with Gasteiger partial charge in [-0.05, 0) is 12.1 Å². The number of halogens is 2. The van der Waals surface area contributed by atoms with Crippen molar-refractivity contribution >= 4 is 5.84 Å². The number of hydrazine groups is 1. The van der Waals surface area contributed by atoms with Gasteiger partial charge >= 0.3 is 0 Å². The zero-order valence-corrected chi connectivity index (χ0v) is 8.84. The average Bonchev–Trinajstić information content (AvgIpc) is 2.26. The minimum Gasteiger partial charge on any atom is -0.383 e. The fourth-order valence-electron chi connectivity index (χ4n) is 1.17. The molecule has 6 heteroatoms. The molecule has 0 spiro atoms. The first-order valence-electron chi connectivity index (χ1n) is 4.65. The molecule has 16 heavy (non-hydrogen) atoms. The number of hydrogen-bond acceptors (Lipinski definition) is 3. The van der Waals surface area contributed by atoms with Crippen molar-refractivity contribution in [1.29, 1.82) is 0 Å². The number of nitrogens with one attached hydrogen (secondary N) is 1. The van der Waals surface area contributed by atoms with Gasteiger partial charge in [-0.1, -0.05) is 6.07 Å². The van der Waals surface area contributed by atoms with Crippen LogP contribution in [0.2, 0.25) is 0 Å². The van der Waals surface area contributed by atoms with Crippen LogP contribution in [0.4, 0.5) is 8.78 Å². The minimum absolute atomic E-state index is 0.0346. The highest BCUT2D eigenvalue weighted by Gasteiger charge is 2.13. The molecule has 0 saturated carbocycles. The van der Waals surface area contributed by atoms with Gasteiger partial charge in [-0.25, -0.2) is 14.6 Å². The zero-order valence-electron chi connectivity index (χ0n) is 8.84. The summed E-state index contributed by atoms with van der Waals surface area (Å²) in [5, 5.41) is 0. The highest BCUT2D eigenvalue weighted by molar-refractivity contribution is 5.98. The van der Waals surface area contributed by atoms with Crippen LogP contribution >= 0.6 is 0 Å². The van der Waals surface area contributed by atoms with Gasteiger partial charge in [0, 0.05) is 7.11 Å². The molecule has 0 fully saturated rings. The van der Waals surface area contributed by atoms with Crippen molar-refractivity contribution in [2.24, 2.45) is 10.8 Å². The van der Waals surface area contributed by atoms with Gasteiger partial charge < -0.3 is 10.2 Å². The van der Waals surface area contributed by atoms with E-state index in [9.17, 15) is 8.78 Å². The number of methoxy groups -OCH3 is 1. The second-order valence-corrected chi connectivity index (χ2v) is 2.96. The number of hydrogen-bond donors (Lipinski definition) is 2. The smallest absolute Gasteiger partial charge is 0.148 e. The summed E-state index contributed by atoms with van der Waals surface area (Å²) in [6.07, 6.45) is 0. The van der Waals surface area contributed by atoms with Crippen LogP contribution in [0.25, 0.3) is 0 Å². The van der Waals surface area contributed by atoms with Gasteiger partial charge in [-0.3, -0.25) is 4.99 Å². The van der Waals surface area contributed by atoms with Crippen molar-refractivity contribution in [2.45, 2.75) is 0 Å². The lowest BCUT2D eigenvalue weighted by Gasteiger charge is -2.08. The van der Waals surface area contributed by atoms with Gasteiger partial charge in [0.25, 0.3) is 0 Å². The van der Waals surface area contributed by atoms with E-state index in [-0.39, 0.29) is 17.9 Å². The van der Waals surface area contributed by atoms with Crippen LogP contribution in [0.3, 0.4) is 0 Å². The third-order valence-electron chi connectivity index (χ3n) is 1.90. The highest BCUT2D eigenvalue weighted by atomic mass is 19.1. The predicted molar refractivity (Wildman–Crippen MR) is 57.0 cm³/mol. The van der Waals surface area contributed by atoms with Crippen molar-refractivity contribution in [2.75, 3.05) is 20.3 Å². The number of aliphatic imine (C=N–C) groups is 1. The van der Waals surface area contributed by atoms with E-state index in [2.05, 4.69) is 10.4 Å². The molecule has 4 nitrogen and oxygen atoms in total. The Morgan fingerprint density at radius 2 is 2.06 bits per heavy atom. The molecule has 0 bridgehead atoms. The Morgan fingerprint density at radius 1 is 1.44 bits per heavy atom. The Morgan fingerprint density at radius 3 is 2.56 bits per heavy atom. The molecule has 0 radical (unpaired) electrons. The highest BCUT2D eigenvalue weighted by Crippen LogP contribution is 2.11. The fraction of sp³-hybridized carbons (Fsp3) is 0.300. The van der Waals surface area contributed by atoms with Crippen molar-refractivity contribution in [1.82, 2.24) is 5.43 Å². The maximum atomic E-state index is 13.3. The molecule has 1 rings (SSSR count). The van der Waals surface area contributed by atoms with E-state index >= 15 is 0 Å². The molecule has 3 N–H and O–H groups in total. The lowest BCUT2D eigenvalue weighted by Crippen LogP contribution is -2.33. The monoisotopic (exact) mass is 229 g/mol. The SMILES string of the molecule is COCCN=C(NN)c1c(F)cccc1F. The molecule has 88 valence electrons. The van der Waals surface area contributed by atoms with E-state index in [0.717, 1.165) is 12.1 Å². The van der Waals surface area contributed by atoms with Gasteiger partial charge in [0.2, 0.25) is 0 Å². The number of ether oxygens (including phenoxy) is 1. The number of rotatable bonds is 4. The Hall–Kier alpha value is -1.53. The summed E-state index contributed by atoms with van der Waals surface area (Å²) in [6.45, 7) is 0.616. The Labute approximate surface area is 92.1 Å². The lowest BCUT2D eigenvalue weighted by molar-refractivity contribution is 0.208. The van der Waals surface area contributed by atoms with Gasteiger partial charge in [0.15, 0.2) is 0 Å². The largest absolute Gasteiger partial charge is 0.383 e. The first-order valence-corrected chi connectivity index (χ1v) is 4.65. The maximum Gasteiger partial charge on any atom is 0.148 e. The molecule has 0 aromatic heterocycles. The third-order valence-corrected chi connectivity index (χ3v) is 1.90. The van der Waals surface area contributed by atoms with Crippen LogP contribution in [-0.4, -0.2) is 26.1 Å². The summed E-state index contributed by atoms with van der Waals surface area (Å²) in [7, 11) is 1.51. The maximum absolute atomic E-state index is 13.3. The number of nitrogens with two attached hydrogens (primary N) is 1. The van der Waals surface area contributed by atoms with Crippen molar-refractivity contribution in [3.63, 3.8) is 0 Å². The van der Waals surface area contributed by atoms with Crippen LogP contribution in [0.1, 0.15) is 5.56 Å². The average molecular weight is 229 g/mol. The molecule has 0 amide bonds. The molecule has 0 aliphatic rings. The van der Waals surface area contributed by atoms with Crippen molar-refractivity contribution < 1.29 is 13.5 Å². The summed E-state index contributed by atoms with van der Waals surface area (Å²) in [5.74, 6) is 3.71. The second-order valence-electron chi connectivity index (χ2n) is 2.96. The summed E-state index contributed by atoms with van der Waals surface area (Å²) >= 11 is 0. The standard InChI is InChI=1S/C10H13F2N3O/c1-16-6-5-14-10(15-13)9-7(11)3-2-4-8(9)12/h2-4H,5-6,13H2,1H3,(H,14,15). The quantitative estimate of drug-likeness (QED) is 0.264. The second kappa shape index (κ2) is 6.14. The Balaban J connectivity index is 2.99.